The second-order valence-corrected chi connectivity index (χ2v) is 3.85. The van der Waals surface area contributed by atoms with Crippen LogP contribution in [0.4, 0.5) is 0 Å². The molecule has 2 aliphatic rings. The van der Waals surface area contributed by atoms with Crippen molar-refractivity contribution in [2.75, 3.05) is 0 Å². The maximum Gasteiger partial charge on any atom is 0.0596 e. The molecule has 0 spiro atoms. The molecule has 1 heteroatoms. The Kier molecular flexibility index (Phi) is 0.963. The predicted octanol–water partition coefficient (Wildman–Crippen LogP) is 1.56. The third-order valence-electron chi connectivity index (χ3n) is 3.25. The van der Waals surface area contributed by atoms with Gasteiger partial charge in [0.25, 0.3) is 0 Å². The van der Waals surface area contributed by atoms with E-state index in [4.69, 9.17) is 0 Å². The molecule has 3 atom stereocenters. The molecule has 0 heterocycles. The van der Waals surface area contributed by atoms with E-state index in [-0.39, 0.29) is 6.10 Å². The summed E-state index contributed by atoms with van der Waals surface area (Å²) in [4.78, 5) is 0. The zero-order valence-electron chi connectivity index (χ0n) is 5.93. The molecule has 0 saturated heterocycles. The first-order valence-corrected chi connectivity index (χ1v) is 3.91. The minimum absolute atomic E-state index is 0.0243. The van der Waals surface area contributed by atoms with E-state index in [9.17, 15) is 5.11 Å². The van der Waals surface area contributed by atoms with Gasteiger partial charge in [0.05, 0.1) is 6.10 Å². The van der Waals surface area contributed by atoms with E-state index < -0.39 is 0 Å². The summed E-state index contributed by atoms with van der Waals surface area (Å²) in [6, 6.07) is 0. The minimum Gasteiger partial charge on any atom is -0.393 e. The van der Waals surface area contributed by atoms with Crippen molar-refractivity contribution in [2.45, 2.75) is 38.7 Å². The molecule has 0 aliphatic heterocycles. The van der Waals surface area contributed by atoms with Gasteiger partial charge in [-0.25, -0.2) is 0 Å². The molecule has 0 aromatic heterocycles. The first-order chi connectivity index (χ1) is 4.23. The molecule has 2 fully saturated rings. The molecule has 1 nitrogen and oxygen atoms in total. The highest BCUT2D eigenvalue weighted by molar-refractivity contribution is 5.05. The van der Waals surface area contributed by atoms with Gasteiger partial charge >= 0.3 is 0 Å². The first kappa shape index (κ1) is 5.72. The van der Waals surface area contributed by atoms with Crippen molar-refractivity contribution in [2.24, 2.45) is 11.3 Å². The lowest BCUT2D eigenvalue weighted by molar-refractivity contribution is 0.0647. The molecule has 0 aromatic carbocycles. The fraction of sp³-hybridized carbons (Fsp3) is 1.00. The number of hydrogen-bond acceptors (Lipinski definition) is 1. The van der Waals surface area contributed by atoms with Gasteiger partial charge in [0.1, 0.15) is 0 Å². The third-order valence-corrected chi connectivity index (χ3v) is 3.25. The van der Waals surface area contributed by atoms with Crippen LogP contribution in [0.5, 0.6) is 0 Å². The van der Waals surface area contributed by atoms with Crippen molar-refractivity contribution in [3.63, 3.8) is 0 Å². The Bertz CT molecular complexity index is 133. The zero-order valence-corrected chi connectivity index (χ0v) is 5.93. The average Bonchev–Trinajstić information content (AvgIpc) is 2.44. The van der Waals surface area contributed by atoms with E-state index in [1.54, 1.807) is 0 Å². The highest BCUT2D eigenvalue weighted by Gasteiger charge is 2.55. The fourth-order valence-corrected chi connectivity index (χ4v) is 2.20. The molecular weight excluding hydrogens is 112 g/mol. The number of rotatable bonds is 0. The van der Waals surface area contributed by atoms with Crippen LogP contribution < -0.4 is 0 Å². The fourth-order valence-electron chi connectivity index (χ4n) is 2.20. The smallest absolute Gasteiger partial charge is 0.0596 e. The van der Waals surface area contributed by atoms with Crippen LogP contribution in [0.2, 0.25) is 0 Å². The summed E-state index contributed by atoms with van der Waals surface area (Å²) in [6.07, 6.45) is 4.98. The lowest BCUT2D eigenvalue weighted by Gasteiger charge is -2.23. The topological polar surface area (TPSA) is 20.2 Å². The Morgan fingerprint density at radius 3 is 2.78 bits per heavy atom. The molecule has 0 amide bonds. The van der Waals surface area contributed by atoms with Gasteiger partial charge < -0.3 is 5.11 Å². The van der Waals surface area contributed by atoms with Gasteiger partial charge in [-0.3, -0.25) is 0 Å². The van der Waals surface area contributed by atoms with E-state index in [2.05, 4.69) is 6.92 Å². The van der Waals surface area contributed by atoms with Crippen LogP contribution in [-0.2, 0) is 0 Å². The molecular formula is C8H14O. The molecule has 2 saturated carbocycles. The van der Waals surface area contributed by atoms with E-state index in [0.717, 1.165) is 12.3 Å². The number of aliphatic hydroxyl groups excluding tert-OH is 1. The van der Waals surface area contributed by atoms with Gasteiger partial charge in [-0.1, -0.05) is 13.3 Å². The standard InChI is InChI=1S/C8H14O/c1-8-5-6(8)3-2-4-7(8)9/h6-7,9H,2-5H2,1H3/t6-,7-,8+/m1/s1. The SMILES string of the molecule is C[C@]12C[C@H]1CCC[C@H]2O. The van der Waals surface area contributed by atoms with Crippen LogP contribution in [0.15, 0.2) is 0 Å². The average molecular weight is 126 g/mol. The van der Waals surface area contributed by atoms with Gasteiger partial charge in [-0.05, 0) is 30.6 Å². The third kappa shape index (κ3) is 0.644. The highest BCUT2D eigenvalue weighted by atomic mass is 16.3. The summed E-state index contributed by atoms with van der Waals surface area (Å²) in [5.41, 5.74) is 0.359. The summed E-state index contributed by atoms with van der Waals surface area (Å²) in [5, 5.41) is 9.48. The number of fused-ring (bicyclic) bond motifs is 1. The van der Waals surface area contributed by atoms with Crippen molar-refractivity contribution >= 4 is 0 Å². The van der Waals surface area contributed by atoms with Crippen LogP contribution in [0, 0.1) is 11.3 Å². The van der Waals surface area contributed by atoms with Gasteiger partial charge in [0, 0.05) is 0 Å². The highest BCUT2D eigenvalue weighted by Crippen LogP contribution is 2.60. The normalized spacial score (nSPS) is 56.7. The predicted molar refractivity (Wildman–Crippen MR) is 36.1 cm³/mol. The van der Waals surface area contributed by atoms with Crippen LogP contribution in [0.25, 0.3) is 0 Å². The maximum absolute atomic E-state index is 9.48. The van der Waals surface area contributed by atoms with E-state index >= 15 is 0 Å². The van der Waals surface area contributed by atoms with Crippen LogP contribution in [-0.4, -0.2) is 11.2 Å². The van der Waals surface area contributed by atoms with E-state index in [1.807, 2.05) is 0 Å². The van der Waals surface area contributed by atoms with Crippen molar-refractivity contribution in [1.29, 1.82) is 0 Å². The molecule has 52 valence electrons. The quantitative estimate of drug-likeness (QED) is 0.522. The Hall–Kier alpha value is -0.0400. The van der Waals surface area contributed by atoms with Crippen molar-refractivity contribution in [1.82, 2.24) is 0 Å². The van der Waals surface area contributed by atoms with Crippen molar-refractivity contribution in [3.05, 3.63) is 0 Å². The van der Waals surface area contributed by atoms with Gasteiger partial charge in [-0.2, -0.15) is 0 Å². The zero-order chi connectivity index (χ0) is 6.48. The maximum atomic E-state index is 9.48. The minimum atomic E-state index is 0.0243. The van der Waals surface area contributed by atoms with Crippen LogP contribution in [0.3, 0.4) is 0 Å². The van der Waals surface area contributed by atoms with Crippen LogP contribution >= 0.6 is 0 Å². The van der Waals surface area contributed by atoms with E-state index in [1.165, 1.54) is 19.3 Å². The Balaban J connectivity index is 2.10. The summed E-state index contributed by atoms with van der Waals surface area (Å²) < 4.78 is 0. The summed E-state index contributed by atoms with van der Waals surface area (Å²) in [6.45, 7) is 2.22. The lowest BCUT2D eigenvalue weighted by atomic mass is 9.87. The second kappa shape index (κ2) is 1.51. The number of aliphatic hydroxyl groups is 1. The van der Waals surface area contributed by atoms with Crippen LogP contribution in [0.1, 0.15) is 32.6 Å². The molecule has 2 aliphatic carbocycles. The lowest BCUT2D eigenvalue weighted by Crippen LogP contribution is -2.24. The monoisotopic (exact) mass is 126 g/mol. The molecule has 9 heavy (non-hydrogen) atoms. The summed E-state index contributed by atoms with van der Waals surface area (Å²) in [5.74, 6) is 0.876. The molecule has 2 rings (SSSR count). The summed E-state index contributed by atoms with van der Waals surface area (Å²) >= 11 is 0. The molecule has 0 radical (unpaired) electrons. The van der Waals surface area contributed by atoms with Gasteiger partial charge in [-0.15, -0.1) is 0 Å². The second-order valence-electron chi connectivity index (χ2n) is 3.85. The Morgan fingerprint density at radius 2 is 2.22 bits per heavy atom. The molecule has 1 N–H and O–H groups in total. The van der Waals surface area contributed by atoms with Crippen molar-refractivity contribution < 1.29 is 5.11 Å². The summed E-state index contributed by atoms with van der Waals surface area (Å²) in [7, 11) is 0. The largest absolute Gasteiger partial charge is 0.393 e. The molecule has 0 unspecified atom stereocenters. The molecule has 0 bridgehead atoms. The number of hydrogen-bond donors (Lipinski definition) is 1. The van der Waals surface area contributed by atoms with Gasteiger partial charge in [0.2, 0.25) is 0 Å². The first-order valence-electron chi connectivity index (χ1n) is 3.91. The van der Waals surface area contributed by atoms with Crippen molar-refractivity contribution in [3.8, 4) is 0 Å². The Labute approximate surface area is 56.1 Å². The van der Waals surface area contributed by atoms with Gasteiger partial charge in [0.15, 0.2) is 0 Å². The Morgan fingerprint density at radius 1 is 1.44 bits per heavy atom. The molecule has 0 aromatic rings. The van der Waals surface area contributed by atoms with E-state index in [0.29, 0.717) is 5.41 Å².